The van der Waals surface area contributed by atoms with E-state index < -0.39 is 17.7 Å². The Labute approximate surface area is 198 Å². The van der Waals surface area contributed by atoms with Gasteiger partial charge < -0.3 is 9.84 Å². The van der Waals surface area contributed by atoms with E-state index in [0.29, 0.717) is 53.4 Å². The van der Waals surface area contributed by atoms with E-state index in [-0.39, 0.29) is 5.92 Å². The number of allylic oxidation sites excluding steroid dienone is 1. The molecule has 7 heteroatoms. The number of fused-ring (bicyclic) bond motifs is 4. The predicted molar refractivity (Wildman–Crippen MR) is 129 cm³/mol. The smallest absolute Gasteiger partial charge is 0.311 e. The average Bonchev–Trinajstić information content (AvgIpc) is 3.19. The lowest BCUT2D eigenvalue weighted by Crippen LogP contribution is -2.18. The second-order valence-electron chi connectivity index (χ2n) is 9.50. The third-order valence-electron chi connectivity index (χ3n) is 7.21. The molecule has 178 valence electrons. The molecule has 0 fully saturated rings. The van der Waals surface area contributed by atoms with E-state index in [2.05, 4.69) is 13.0 Å². The van der Waals surface area contributed by atoms with E-state index in [1.807, 2.05) is 26.8 Å². The lowest BCUT2D eigenvalue weighted by molar-refractivity contribution is -0.139. The highest BCUT2D eigenvalue weighted by molar-refractivity contribution is 5.84. The number of ether oxygens (including phenoxy) is 1. The van der Waals surface area contributed by atoms with E-state index in [1.54, 1.807) is 4.52 Å². The van der Waals surface area contributed by atoms with Crippen molar-refractivity contribution in [3.05, 3.63) is 51.6 Å². The SMILES string of the molecule is CCCC(C(=O)O)c1c(C)nc2c3c(nn2c1-c1cc(F)c2c(c1C)CCCO2)C(C)CC=C3. The van der Waals surface area contributed by atoms with Gasteiger partial charge >= 0.3 is 5.97 Å². The summed E-state index contributed by atoms with van der Waals surface area (Å²) in [4.78, 5) is 17.3. The molecule has 0 amide bonds. The van der Waals surface area contributed by atoms with Crippen LogP contribution in [-0.4, -0.2) is 32.3 Å². The van der Waals surface area contributed by atoms with Gasteiger partial charge in [0.2, 0.25) is 0 Å². The molecule has 5 rings (SSSR count). The van der Waals surface area contributed by atoms with Crippen LogP contribution < -0.4 is 4.74 Å². The summed E-state index contributed by atoms with van der Waals surface area (Å²) in [5.41, 5.74) is 6.87. The van der Waals surface area contributed by atoms with Crippen LogP contribution in [0.1, 0.15) is 85.0 Å². The van der Waals surface area contributed by atoms with Crippen molar-refractivity contribution in [3.8, 4) is 17.0 Å². The molecular formula is C27H30FN3O3. The molecule has 2 unspecified atom stereocenters. The lowest BCUT2D eigenvalue weighted by atomic mass is 9.86. The Kier molecular flexibility index (Phi) is 5.66. The van der Waals surface area contributed by atoms with E-state index in [0.717, 1.165) is 41.6 Å². The maximum atomic E-state index is 15.3. The molecule has 1 aliphatic carbocycles. The van der Waals surface area contributed by atoms with Crippen LogP contribution in [0.2, 0.25) is 0 Å². The zero-order valence-electron chi connectivity index (χ0n) is 20.1. The monoisotopic (exact) mass is 463 g/mol. The lowest BCUT2D eigenvalue weighted by Gasteiger charge is -2.25. The fourth-order valence-corrected chi connectivity index (χ4v) is 5.49. The van der Waals surface area contributed by atoms with Gasteiger partial charge in [-0.2, -0.15) is 5.10 Å². The van der Waals surface area contributed by atoms with Crippen LogP contribution in [0.25, 0.3) is 23.0 Å². The van der Waals surface area contributed by atoms with Crippen LogP contribution in [0.4, 0.5) is 4.39 Å². The van der Waals surface area contributed by atoms with Gasteiger partial charge in [-0.3, -0.25) is 4.79 Å². The molecule has 2 atom stereocenters. The van der Waals surface area contributed by atoms with Crippen molar-refractivity contribution in [2.45, 2.75) is 71.6 Å². The van der Waals surface area contributed by atoms with E-state index in [1.165, 1.54) is 6.07 Å². The zero-order chi connectivity index (χ0) is 24.1. The molecule has 0 saturated carbocycles. The first-order valence-electron chi connectivity index (χ1n) is 12.1. The van der Waals surface area contributed by atoms with Crippen molar-refractivity contribution in [2.24, 2.45) is 0 Å². The van der Waals surface area contributed by atoms with Gasteiger partial charge in [-0.25, -0.2) is 13.9 Å². The Morgan fingerprint density at radius 2 is 2.18 bits per heavy atom. The number of carboxylic acid groups (broad SMARTS) is 1. The summed E-state index contributed by atoms with van der Waals surface area (Å²) in [6, 6.07) is 1.49. The van der Waals surface area contributed by atoms with Gasteiger partial charge in [0.25, 0.3) is 0 Å². The predicted octanol–water partition coefficient (Wildman–Crippen LogP) is 5.97. The maximum absolute atomic E-state index is 15.3. The second-order valence-corrected chi connectivity index (χ2v) is 9.50. The summed E-state index contributed by atoms with van der Waals surface area (Å²) < 4.78 is 22.8. The number of hydrogen-bond acceptors (Lipinski definition) is 4. The van der Waals surface area contributed by atoms with Gasteiger partial charge in [-0.1, -0.05) is 32.4 Å². The number of aryl methyl sites for hydroxylation is 1. The Hall–Kier alpha value is -3.22. The Balaban J connectivity index is 1.91. The molecule has 2 aromatic heterocycles. The summed E-state index contributed by atoms with van der Waals surface area (Å²) in [5.74, 6) is -1.55. The topological polar surface area (TPSA) is 76.7 Å². The van der Waals surface area contributed by atoms with Crippen LogP contribution in [0.3, 0.4) is 0 Å². The Morgan fingerprint density at radius 3 is 2.91 bits per heavy atom. The quantitative estimate of drug-likeness (QED) is 0.505. The molecule has 1 N–H and O–H groups in total. The van der Waals surface area contributed by atoms with Crippen molar-refractivity contribution >= 4 is 17.7 Å². The van der Waals surface area contributed by atoms with Crippen molar-refractivity contribution in [2.75, 3.05) is 6.61 Å². The normalized spacial score (nSPS) is 17.9. The molecule has 6 nitrogen and oxygen atoms in total. The van der Waals surface area contributed by atoms with E-state index >= 15 is 4.39 Å². The third kappa shape index (κ3) is 3.40. The molecule has 0 radical (unpaired) electrons. The molecule has 3 aromatic rings. The number of rotatable bonds is 5. The molecule has 0 bridgehead atoms. The van der Waals surface area contributed by atoms with Gasteiger partial charge in [0, 0.05) is 33.9 Å². The van der Waals surface area contributed by atoms with Crippen molar-refractivity contribution < 1.29 is 19.0 Å². The van der Waals surface area contributed by atoms with Gasteiger partial charge in [0.1, 0.15) is 0 Å². The number of hydrogen-bond donors (Lipinski definition) is 1. The number of carbonyl (C=O) groups is 1. The minimum absolute atomic E-state index is 0.221. The van der Waals surface area contributed by atoms with Crippen LogP contribution >= 0.6 is 0 Å². The highest BCUT2D eigenvalue weighted by atomic mass is 19.1. The van der Waals surface area contributed by atoms with Crippen molar-refractivity contribution in [1.29, 1.82) is 0 Å². The number of carboxylic acids is 1. The molecule has 1 aliphatic heterocycles. The van der Waals surface area contributed by atoms with Gasteiger partial charge in [-0.15, -0.1) is 0 Å². The summed E-state index contributed by atoms with van der Waals surface area (Å²) in [7, 11) is 0. The van der Waals surface area contributed by atoms with E-state index in [9.17, 15) is 9.90 Å². The molecular weight excluding hydrogens is 433 g/mol. The largest absolute Gasteiger partial charge is 0.490 e. The van der Waals surface area contributed by atoms with Crippen molar-refractivity contribution in [1.82, 2.24) is 14.6 Å². The highest BCUT2D eigenvalue weighted by Crippen LogP contribution is 2.42. The third-order valence-corrected chi connectivity index (χ3v) is 7.21. The Morgan fingerprint density at radius 1 is 1.38 bits per heavy atom. The fourth-order valence-electron chi connectivity index (χ4n) is 5.49. The van der Waals surface area contributed by atoms with Crippen molar-refractivity contribution in [3.63, 3.8) is 0 Å². The molecule has 2 aliphatic rings. The summed E-state index contributed by atoms with van der Waals surface area (Å²) >= 11 is 0. The highest BCUT2D eigenvalue weighted by Gasteiger charge is 2.32. The minimum atomic E-state index is -0.906. The van der Waals surface area contributed by atoms with E-state index in [4.69, 9.17) is 14.8 Å². The summed E-state index contributed by atoms with van der Waals surface area (Å²) in [6.07, 6.45) is 7.76. The number of nitrogens with zero attached hydrogens (tertiary/aromatic N) is 3. The van der Waals surface area contributed by atoms with Crippen LogP contribution in [0.5, 0.6) is 5.75 Å². The standard InChI is InChI=1S/C27H30FN3O3/c1-5-8-18(27(32)33)22-16(4)29-26-19-10-6-9-14(2)23(19)30-31(26)24(22)20-13-21(28)25-17(15(20)3)11-7-12-34-25/h6,10,13-14,18H,5,7-9,11-12H2,1-4H3,(H,32,33). The van der Waals surface area contributed by atoms with Gasteiger partial charge in [0.05, 0.1) is 23.9 Å². The zero-order valence-corrected chi connectivity index (χ0v) is 20.1. The molecule has 0 saturated heterocycles. The molecule has 1 aromatic carbocycles. The fraction of sp³-hybridized carbons (Fsp3) is 0.444. The maximum Gasteiger partial charge on any atom is 0.311 e. The van der Waals surface area contributed by atoms with Crippen LogP contribution in [-0.2, 0) is 11.2 Å². The van der Waals surface area contributed by atoms with Gasteiger partial charge in [-0.05, 0) is 51.2 Å². The molecule has 0 spiro atoms. The molecule has 34 heavy (non-hydrogen) atoms. The average molecular weight is 464 g/mol. The first kappa shape index (κ1) is 22.6. The van der Waals surface area contributed by atoms with Gasteiger partial charge in [0.15, 0.2) is 17.2 Å². The summed E-state index contributed by atoms with van der Waals surface area (Å²) in [5, 5.41) is 15.1. The number of aliphatic carboxylic acids is 1. The minimum Gasteiger partial charge on any atom is -0.490 e. The van der Waals surface area contributed by atoms with Crippen LogP contribution in [0.15, 0.2) is 12.1 Å². The number of aromatic nitrogens is 3. The summed E-state index contributed by atoms with van der Waals surface area (Å²) in [6.45, 7) is 8.42. The first-order valence-corrected chi connectivity index (χ1v) is 12.1. The second kappa shape index (κ2) is 8.53. The van der Waals surface area contributed by atoms with Crippen LogP contribution in [0, 0.1) is 19.7 Å². The number of halogens is 1. The number of benzene rings is 1. The Bertz CT molecular complexity index is 1340. The molecule has 3 heterocycles. The first-order chi connectivity index (χ1) is 16.3.